The normalized spacial score (nSPS) is 11.7. The first kappa shape index (κ1) is 16.4. The summed E-state index contributed by atoms with van der Waals surface area (Å²) in [5, 5.41) is 3.10. The van der Waals surface area contributed by atoms with Crippen LogP contribution in [0.3, 0.4) is 0 Å². The second-order valence-electron chi connectivity index (χ2n) is 4.83. The molecule has 0 aliphatic carbocycles. The van der Waals surface area contributed by atoms with Crippen molar-refractivity contribution in [1.29, 1.82) is 0 Å². The third-order valence-electron chi connectivity index (χ3n) is 3.25. The maximum atomic E-state index is 11.9. The van der Waals surface area contributed by atoms with Crippen molar-refractivity contribution in [3.05, 3.63) is 59.9 Å². The molecule has 0 aliphatic heterocycles. The average molecular weight is 316 g/mol. The molecule has 1 aromatic heterocycles. The van der Waals surface area contributed by atoms with Gasteiger partial charge in [-0.05, 0) is 24.6 Å². The van der Waals surface area contributed by atoms with Crippen molar-refractivity contribution in [3.8, 4) is 5.75 Å². The largest absolute Gasteiger partial charge is 0.496 e. The van der Waals surface area contributed by atoms with Gasteiger partial charge >= 0.3 is 0 Å². The Balaban J connectivity index is 1.80. The van der Waals surface area contributed by atoms with E-state index in [1.807, 2.05) is 36.4 Å². The first-order valence-corrected chi connectivity index (χ1v) is 8.15. The number of aromatic nitrogens is 1. The summed E-state index contributed by atoms with van der Waals surface area (Å²) in [6, 6.07) is 11.7. The molecule has 1 atom stereocenters. The lowest BCUT2D eigenvalue weighted by atomic mass is 10.1. The van der Waals surface area contributed by atoms with E-state index in [1.54, 1.807) is 31.3 Å². The van der Waals surface area contributed by atoms with Gasteiger partial charge in [-0.15, -0.1) is 11.8 Å². The zero-order valence-corrected chi connectivity index (χ0v) is 13.6. The molecule has 0 spiro atoms. The Morgan fingerprint density at radius 1 is 1.32 bits per heavy atom. The van der Waals surface area contributed by atoms with Gasteiger partial charge < -0.3 is 10.1 Å². The molecule has 1 amide bonds. The van der Waals surface area contributed by atoms with E-state index < -0.39 is 0 Å². The second-order valence-corrected chi connectivity index (χ2v) is 6.16. The average Bonchev–Trinajstić information content (AvgIpc) is 2.58. The topological polar surface area (TPSA) is 51.2 Å². The van der Waals surface area contributed by atoms with Crippen LogP contribution < -0.4 is 10.1 Å². The number of hydrogen-bond acceptors (Lipinski definition) is 4. The van der Waals surface area contributed by atoms with Crippen LogP contribution in [-0.4, -0.2) is 23.8 Å². The summed E-state index contributed by atoms with van der Waals surface area (Å²) < 4.78 is 5.36. The third-order valence-corrected chi connectivity index (χ3v) is 4.44. The van der Waals surface area contributed by atoms with Crippen LogP contribution in [0.5, 0.6) is 5.75 Å². The number of benzene rings is 1. The number of hydrogen-bond donors (Lipinski definition) is 1. The number of para-hydroxylation sites is 1. The van der Waals surface area contributed by atoms with Crippen LogP contribution in [0, 0.1) is 0 Å². The molecular weight excluding hydrogens is 296 g/mol. The Bertz CT molecular complexity index is 605. The van der Waals surface area contributed by atoms with Crippen molar-refractivity contribution in [1.82, 2.24) is 10.3 Å². The molecule has 5 heteroatoms. The van der Waals surface area contributed by atoms with Gasteiger partial charge in [0.25, 0.3) is 0 Å². The van der Waals surface area contributed by atoms with Gasteiger partial charge in [0.15, 0.2) is 0 Å². The van der Waals surface area contributed by atoms with E-state index in [0.29, 0.717) is 12.3 Å². The number of methoxy groups -OCH3 is 1. The van der Waals surface area contributed by atoms with Crippen LogP contribution in [0.2, 0.25) is 0 Å². The molecule has 0 unspecified atom stereocenters. The Hall–Kier alpha value is -2.01. The molecule has 22 heavy (non-hydrogen) atoms. The molecule has 4 nitrogen and oxygen atoms in total. The van der Waals surface area contributed by atoms with Crippen LogP contribution in [0.1, 0.15) is 23.3 Å². The molecular formula is C17H20N2O2S. The number of ether oxygens (including phenoxy) is 1. The van der Waals surface area contributed by atoms with Gasteiger partial charge in [0, 0.05) is 29.8 Å². The maximum Gasteiger partial charge on any atom is 0.230 e. The fourth-order valence-corrected chi connectivity index (χ4v) is 2.92. The highest BCUT2D eigenvalue weighted by Gasteiger charge is 2.13. The van der Waals surface area contributed by atoms with Crippen molar-refractivity contribution < 1.29 is 9.53 Å². The third kappa shape index (κ3) is 4.77. The van der Waals surface area contributed by atoms with Crippen molar-refractivity contribution in [2.24, 2.45) is 0 Å². The van der Waals surface area contributed by atoms with Gasteiger partial charge in [0.05, 0.1) is 12.9 Å². The molecule has 2 aromatic rings. The molecule has 0 saturated carbocycles. The van der Waals surface area contributed by atoms with E-state index in [1.165, 1.54) is 0 Å². The fourth-order valence-electron chi connectivity index (χ4n) is 2.05. The molecule has 0 radical (unpaired) electrons. The van der Waals surface area contributed by atoms with Crippen molar-refractivity contribution >= 4 is 17.7 Å². The quantitative estimate of drug-likeness (QED) is 0.852. The van der Waals surface area contributed by atoms with Gasteiger partial charge in [-0.1, -0.05) is 24.3 Å². The molecule has 1 N–H and O–H groups in total. The molecule has 2 rings (SSSR count). The second kappa shape index (κ2) is 8.44. The summed E-state index contributed by atoms with van der Waals surface area (Å²) in [7, 11) is 1.66. The number of rotatable bonds is 7. The summed E-state index contributed by atoms with van der Waals surface area (Å²) in [6.07, 6.45) is 3.47. The highest BCUT2D eigenvalue weighted by atomic mass is 32.2. The van der Waals surface area contributed by atoms with Gasteiger partial charge in [0.1, 0.15) is 5.75 Å². The maximum absolute atomic E-state index is 11.9. The zero-order chi connectivity index (χ0) is 15.8. The summed E-state index contributed by atoms with van der Waals surface area (Å²) >= 11 is 1.59. The zero-order valence-electron chi connectivity index (χ0n) is 12.8. The number of nitrogens with one attached hydrogen (secondary N) is 1. The SMILES string of the molecule is COc1ccccc1[C@H](C)SCC(=O)NCc1cccnc1. The molecule has 0 bridgehead atoms. The molecule has 1 heterocycles. The van der Waals surface area contributed by atoms with Crippen LogP contribution in [-0.2, 0) is 11.3 Å². The lowest BCUT2D eigenvalue weighted by Crippen LogP contribution is -2.24. The fraction of sp³-hybridized carbons (Fsp3) is 0.294. The number of amides is 1. The van der Waals surface area contributed by atoms with E-state index >= 15 is 0 Å². The van der Waals surface area contributed by atoms with Crippen molar-refractivity contribution in [2.75, 3.05) is 12.9 Å². The Morgan fingerprint density at radius 2 is 2.14 bits per heavy atom. The summed E-state index contributed by atoms with van der Waals surface area (Å²) in [6.45, 7) is 2.59. The van der Waals surface area contributed by atoms with Gasteiger partial charge in [-0.2, -0.15) is 0 Å². The van der Waals surface area contributed by atoms with Gasteiger partial charge in [0.2, 0.25) is 5.91 Å². The smallest absolute Gasteiger partial charge is 0.230 e. The highest BCUT2D eigenvalue weighted by Crippen LogP contribution is 2.34. The molecule has 0 saturated heterocycles. The molecule has 0 aliphatic rings. The van der Waals surface area contributed by atoms with E-state index in [4.69, 9.17) is 4.74 Å². The van der Waals surface area contributed by atoms with Crippen molar-refractivity contribution in [3.63, 3.8) is 0 Å². The predicted octanol–water partition coefficient (Wildman–Crippen LogP) is 3.20. The van der Waals surface area contributed by atoms with Crippen LogP contribution >= 0.6 is 11.8 Å². The Kier molecular flexibility index (Phi) is 6.27. The first-order chi connectivity index (χ1) is 10.7. The Morgan fingerprint density at radius 3 is 2.86 bits per heavy atom. The summed E-state index contributed by atoms with van der Waals surface area (Å²) in [4.78, 5) is 15.9. The van der Waals surface area contributed by atoms with Gasteiger partial charge in [-0.3, -0.25) is 9.78 Å². The minimum Gasteiger partial charge on any atom is -0.496 e. The standard InChI is InChI=1S/C17H20N2O2S/c1-13(15-7-3-4-8-16(15)21-2)22-12-17(20)19-11-14-6-5-9-18-10-14/h3-10,13H,11-12H2,1-2H3,(H,19,20)/t13-/m0/s1. The molecule has 1 aromatic carbocycles. The lowest BCUT2D eigenvalue weighted by Gasteiger charge is -2.15. The Labute approximate surface area is 135 Å². The minimum atomic E-state index is 0.0237. The van der Waals surface area contributed by atoms with Crippen LogP contribution in [0.25, 0.3) is 0 Å². The van der Waals surface area contributed by atoms with E-state index in [2.05, 4.69) is 17.2 Å². The first-order valence-electron chi connectivity index (χ1n) is 7.11. The number of carbonyl (C=O) groups is 1. The molecule has 0 fully saturated rings. The highest BCUT2D eigenvalue weighted by molar-refractivity contribution is 8.00. The van der Waals surface area contributed by atoms with E-state index in [9.17, 15) is 4.79 Å². The number of carbonyl (C=O) groups excluding carboxylic acids is 1. The van der Waals surface area contributed by atoms with Crippen molar-refractivity contribution in [2.45, 2.75) is 18.7 Å². The predicted molar refractivity (Wildman–Crippen MR) is 90.0 cm³/mol. The van der Waals surface area contributed by atoms with Gasteiger partial charge in [-0.25, -0.2) is 0 Å². The summed E-state index contributed by atoms with van der Waals surface area (Å²) in [5.74, 6) is 1.30. The number of thioether (sulfide) groups is 1. The minimum absolute atomic E-state index is 0.0237. The lowest BCUT2D eigenvalue weighted by molar-refractivity contribution is -0.118. The summed E-state index contributed by atoms with van der Waals surface area (Å²) in [5.41, 5.74) is 2.11. The number of pyridine rings is 1. The van der Waals surface area contributed by atoms with E-state index in [0.717, 1.165) is 16.9 Å². The monoisotopic (exact) mass is 316 g/mol. The van der Waals surface area contributed by atoms with Crippen LogP contribution in [0.15, 0.2) is 48.8 Å². The van der Waals surface area contributed by atoms with Crippen LogP contribution in [0.4, 0.5) is 0 Å². The van der Waals surface area contributed by atoms with E-state index in [-0.39, 0.29) is 11.2 Å². The number of nitrogens with zero attached hydrogens (tertiary/aromatic N) is 1. The molecule has 116 valence electrons.